The lowest BCUT2D eigenvalue weighted by molar-refractivity contribution is -0.130. The van der Waals surface area contributed by atoms with Gasteiger partial charge in [-0.05, 0) is 80.2 Å². The van der Waals surface area contributed by atoms with E-state index in [2.05, 4.69) is 15.8 Å². The monoisotopic (exact) mass is 414 g/mol. The summed E-state index contributed by atoms with van der Waals surface area (Å²) in [4.78, 5) is 13.1. The number of likely N-dealkylation sites (N-methyl/N-ethyl adjacent to an activating group) is 1. The second kappa shape index (κ2) is 11.0. The molecule has 2 rings (SSSR count). The highest BCUT2D eigenvalue weighted by Gasteiger charge is 2.05. The minimum Gasteiger partial charge on any atom is -0.494 e. The summed E-state index contributed by atoms with van der Waals surface area (Å²) in [5.41, 5.74) is 5.34. The van der Waals surface area contributed by atoms with Crippen molar-refractivity contribution in [1.82, 2.24) is 10.3 Å². The normalized spacial score (nSPS) is 10.8. The molecule has 0 fully saturated rings. The van der Waals surface area contributed by atoms with Crippen molar-refractivity contribution >= 4 is 34.6 Å². The maximum Gasteiger partial charge on any atom is 0.259 e. The molecule has 0 heterocycles. The average Bonchev–Trinajstić information content (AvgIpc) is 2.72. The molecule has 29 heavy (non-hydrogen) atoms. The number of amides is 1. The highest BCUT2D eigenvalue weighted by Crippen LogP contribution is 2.16. The first-order chi connectivity index (χ1) is 13.9. The third-order valence-electron chi connectivity index (χ3n) is 3.88. The summed E-state index contributed by atoms with van der Waals surface area (Å²) < 4.78 is 10.9. The van der Waals surface area contributed by atoms with E-state index in [1.165, 1.54) is 4.90 Å². The van der Waals surface area contributed by atoms with E-state index in [-0.39, 0.29) is 12.5 Å². The number of nitrogens with one attached hydrogen (secondary N) is 2. The first kappa shape index (κ1) is 22.2. The van der Waals surface area contributed by atoms with Crippen LogP contribution in [0.25, 0.3) is 0 Å². The Labute approximate surface area is 176 Å². The van der Waals surface area contributed by atoms with E-state index in [0.717, 1.165) is 22.7 Å². The molecule has 0 aliphatic rings. The highest BCUT2D eigenvalue weighted by molar-refractivity contribution is 7.80. The Morgan fingerprint density at radius 2 is 1.62 bits per heavy atom. The van der Waals surface area contributed by atoms with Crippen LogP contribution in [0.5, 0.6) is 11.5 Å². The molecule has 0 unspecified atom stereocenters. The van der Waals surface area contributed by atoms with Gasteiger partial charge in [-0.25, -0.2) is 0 Å². The maximum absolute atomic E-state index is 11.6. The van der Waals surface area contributed by atoms with Gasteiger partial charge in [-0.3, -0.25) is 10.2 Å². The van der Waals surface area contributed by atoms with Crippen molar-refractivity contribution in [3.8, 4) is 11.5 Å². The molecule has 0 bridgehead atoms. The molecule has 2 aromatic rings. The van der Waals surface area contributed by atoms with Gasteiger partial charge in [0.15, 0.2) is 11.7 Å². The Morgan fingerprint density at radius 1 is 1.03 bits per heavy atom. The van der Waals surface area contributed by atoms with Crippen LogP contribution in [0.2, 0.25) is 0 Å². The first-order valence-electron chi connectivity index (χ1n) is 9.16. The minimum absolute atomic E-state index is 0.00641. The summed E-state index contributed by atoms with van der Waals surface area (Å²) >= 11 is 5.27. The van der Waals surface area contributed by atoms with Crippen molar-refractivity contribution < 1.29 is 14.3 Å². The lowest BCUT2D eigenvalue weighted by atomic mass is 10.1. The fourth-order valence-electron chi connectivity index (χ4n) is 2.23. The third kappa shape index (κ3) is 7.42. The number of thiocarbonyl (C=S) groups is 1. The molecule has 1 amide bonds. The maximum atomic E-state index is 11.6. The van der Waals surface area contributed by atoms with E-state index in [1.54, 1.807) is 26.2 Å². The zero-order valence-electron chi connectivity index (χ0n) is 17.1. The van der Waals surface area contributed by atoms with Gasteiger partial charge < -0.3 is 19.7 Å². The van der Waals surface area contributed by atoms with Crippen LogP contribution in [-0.4, -0.2) is 48.9 Å². The molecule has 0 saturated heterocycles. The van der Waals surface area contributed by atoms with E-state index < -0.39 is 0 Å². The molecule has 2 N–H and O–H groups in total. The van der Waals surface area contributed by atoms with Gasteiger partial charge in [-0.15, -0.1) is 0 Å². The number of anilines is 1. The third-order valence-corrected chi connectivity index (χ3v) is 4.07. The number of carbonyl (C=O) groups excluding carboxylic acids is 1. The number of nitrogens with zero attached hydrogens (tertiary/aromatic N) is 2. The molecular weight excluding hydrogens is 388 g/mol. The topological polar surface area (TPSA) is 75.2 Å². The smallest absolute Gasteiger partial charge is 0.259 e. The molecule has 0 saturated carbocycles. The molecule has 2 aromatic carbocycles. The Kier molecular flexibility index (Phi) is 8.42. The molecule has 0 radical (unpaired) electrons. The fraction of sp³-hybridized carbons (Fsp3) is 0.286. The van der Waals surface area contributed by atoms with E-state index in [0.29, 0.717) is 17.5 Å². The van der Waals surface area contributed by atoms with Crippen LogP contribution in [0.15, 0.2) is 53.6 Å². The van der Waals surface area contributed by atoms with Crippen LogP contribution in [0.3, 0.4) is 0 Å². The zero-order chi connectivity index (χ0) is 21.2. The Hall–Kier alpha value is -3.13. The molecular formula is C21H26N4O3S. The number of hydrazone groups is 1. The number of carbonyl (C=O) groups is 1. The summed E-state index contributed by atoms with van der Waals surface area (Å²) in [7, 11) is 3.38. The van der Waals surface area contributed by atoms with Crippen LogP contribution < -0.4 is 20.2 Å². The highest BCUT2D eigenvalue weighted by atomic mass is 32.1. The lowest BCUT2D eigenvalue weighted by Crippen LogP contribution is -2.27. The molecule has 7 nitrogen and oxygen atoms in total. The number of ether oxygens (including phenoxy) is 2. The van der Waals surface area contributed by atoms with Crippen molar-refractivity contribution in [3.05, 3.63) is 54.1 Å². The van der Waals surface area contributed by atoms with Gasteiger partial charge in [0.2, 0.25) is 0 Å². The van der Waals surface area contributed by atoms with Crippen molar-refractivity contribution in [2.45, 2.75) is 13.8 Å². The predicted molar refractivity (Wildman–Crippen MR) is 120 cm³/mol. The predicted octanol–water partition coefficient (Wildman–Crippen LogP) is 3.26. The largest absolute Gasteiger partial charge is 0.494 e. The average molecular weight is 415 g/mol. The zero-order valence-corrected chi connectivity index (χ0v) is 17.9. The second-order valence-corrected chi connectivity index (χ2v) is 6.73. The molecule has 154 valence electrons. The summed E-state index contributed by atoms with van der Waals surface area (Å²) in [6.45, 7) is 4.45. The van der Waals surface area contributed by atoms with Gasteiger partial charge in [0, 0.05) is 19.8 Å². The van der Waals surface area contributed by atoms with Crippen LogP contribution >= 0.6 is 12.2 Å². The SMILES string of the molecule is CCOc1ccc(NC(=S)N/N=C(/C)c2ccc(OCC(=O)N(C)C)cc2)cc1. The van der Waals surface area contributed by atoms with Gasteiger partial charge in [0.25, 0.3) is 5.91 Å². The van der Waals surface area contributed by atoms with Crippen LogP contribution in [-0.2, 0) is 4.79 Å². The van der Waals surface area contributed by atoms with E-state index in [4.69, 9.17) is 21.7 Å². The Morgan fingerprint density at radius 3 is 2.21 bits per heavy atom. The Bertz CT molecular complexity index is 849. The van der Waals surface area contributed by atoms with Gasteiger partial charge >= 0.3 is 0 Å². The molecule has 0 atom stereocenters. The Balaban J connectivity index is 1.86. The first-order valence-corrected chi connectivity index (χ1v) is 9.57. The van der Waals surface area contributed by atoms with Gasteiger partial charge in [-0.1, -0.05) is 0 Å². The number of benzene rings is 2. The molecule has 0 aliphatic heterocycles. The number of rotatable bonds is 8. The number of hydrogen-bond donors (Lipinski definition) is 2. The summed E-state index contributed by atoms with van der Waals surface area (Å²) in [6.07, 6.45) is 0. The van der Waals surface area contributed by atoms with Crippen molar-refractivity contribution in [3.63, 3.8) is 0 Å². The molecule has 0 spiro atoms. The molecule has 0 aromatic heterocycles. The van der Waals surface area contributed by atoms with Crippen LogP contribution in [0, 0.1) is 0 Å². The molecule has 0 aliphatic carbocycles. The summed E-state index contributed by atoms with van der Waals surface area (Å²) in [5, 5.41) is 7.75. The van der Waals surface area contributed by atoms with Gasteiger partial charge in [0.1, 0.15) is 11.5 Å². The number of hydrogen-bond acceptors (Lipinski definition) is 5. The van der Waals surface area contributed by atoms with Crippen LogP contribution in [0.4, 0.5) is 5.69 Å². The van der Waals surface area contributed by atoms with Crippen molar-refractivity contribution in [1.29, 1.82) is 0 Å². The quantitative estimate of drug-likeness (QED) is 0.392. The standard InChI is InChI=1S/C21H26N4O3S/c1-5-27-18-12-8-17(9-13-18)22-21(29)24-23-15(2)16-6-10-19(11-7-16)28-14-20(26)25(3)4/h6-13H,5,14H2,1-4H3,(H2,22,24,29)/b23-15-. The van der Waals surface area contributed by atoms with Gasteiger partial charge in [-0.2, -0.15) is 5.10 Å². The minimum atomic E-state index is -0.0930. The van der Waals surface area contributed by atoms with E-state index in [1.807, 2.05) is 50.2 Å². The molecule has 8 heteroatoms. The lowest BCUT2D eigenvalue weighted by Gasteiger charge is -2.11. The van der Waals surface area contributed by atoms with E-state index in [9.17, 15) is 4.79 Å². The summed E-state index contributed by atoms with van der Waals surface area (Å²) in [6, 6.07) is 14.9. The fourth-order valence-corrected chi connectivity index (χ4v) is 2.39. The van der Waals surface area contributed by atoms with E-state index >= 15 is 0 Å². The van der Waals surface area contributed by atoms with Crippen LogP contribution in [0.1, 0.15) is 19.4 Å². The second-order valence-electron chi connectivity index (χ2n) is 6.32. The van der Waals surface area contributed by atoms with Gasteiger partial charge in [0.05, 0.1) is 12.3 Å². The van der Waals surface area contributed by atoms with Crippen molar-refractivity contribution in [2.24, 2.45) is 5.10 Å². The van der Waals surface area contributed by atoms with Crippen molar-refractivity contribution in [2.75, 3.05) is 32.6 Å². The summed E-state index contributed by atoms with van der Waals surface area (Å²) in [5.74, 6) is 1.34.